The van der Waals surface area contributed by atoms with Gasteiger partial charge in [-0.25, -0.2) is 8.78 Å². The SMILES string of the molecule is O=C(Nc1nnc(C(F)F)s1)c1ccccc1SCC(=O)N1CCCC1. The summed E-state index contributed by atoms with van der Waals surface area (Å²) < 4.78 is 25.1. The Kier molecular flexibility index (Phi) is 6.15. The van der Waals surface area contributed by atoms with Gasteiger partial charge in [0.25, 0.3) is 12.3 Å². The quantitative estimate of drug-likeness (QED) is 0.755. The van der Waals surface area contributed by atoms with E-state index >= 15 is 0 Å². The minimum absolute atomic E-state index is 0.0123. The third kappa shape index (κ3) is 4.55. The van der Waals surface area contributed by atoms with Gasteiger partial charge in [-0.15, -0.1) is 22.0 Å². The number of halogens is 2. The maximum atomic E-state index is 12.6. The average Bonchev–Trinajstić information content (AvgIpc) is 3.31. The fourth-order valence-electron chi connectivity index (χ4n) is 2.52. The Morgan fingerprint density at radius 2 is 1.96 bits per heavy atom. The van der Waals surface area contributed by atoms with Crippen molar-refractivity contribution in [3.63, 3.8) is 0 Å². The van der Waals surface area contributed by atoms with Gasteiger partial charge in [0.2, 0.25) is 11.0 Å². The largest absolute Gasteiger partial charge is 0.342 e. The molecule has 1 aromatic carbocycles. The van der Waals surface area contributed by atoms with E-state index < -0.39 is 17.3 Å². The molecular weight excluding hydrogens is 382 g/mol. The Morgan fingerprint density at radius 1 is 1.23 bits per heavy atom. The molecule has 3 rings (SSSR count). The number of alkyl halides is 2. The monoisotopic (exact) mass is 398 g/mol. The van der Waals surface area contributed by atoms with Gasteiger partial charge in [-0.2, -0.15) is 0 Å². The maximum absolute atomic E-state index is 12.6. The summed E-state index contributed by atoms with van der Waals surface area (Å²) in [5.74, 6) is -0.175. The number of carbonyl (C=O) groups excluding carboxylic acids is 2. The zero-order valence-corrected chi connectivity index (χ0v) is 15.3. The zero-order valence-electron chi connectivity index (χ0n) is 13.7. The van der Waals surface area contributed by atoms with Crippen LogP contribution in [-0.4, -0.2) is 45.8 Å². The highest BCUT2D eigenvalue weighted by molar-refractivity contribution is 8.00. The smallest absolute Gasteiger partial charge is 0.291 e. The lowest BCUT2D eigenvalue weighted by atomic mass is 10.2. The molecule has 2 aromatic rings. The summed E-state index contributed by atoms with van der Waals surface area (Å²) in [4.78, 5) is 27.1. The summed E-state index contributed by atoms with van der Waals surface area (Å²) in [5.41, 5.74) is 0.362. The van der Waals surface area contributed by atoms with Crippen LogP contribution in [0, 0.1) is 0 Å². The number of hydrogen-bond donors (Lipinski definition) is 1. The van der Waals surface area contributed by atoms with Crippen molar-refractivity contribution in [2.75, 3.05) is 24.2 Å². The highest BCUT2D eigenvalue weighted by atomic mass is 32.2. The predicted octanol–water partition coefficient (Wildman–Crippen LogP) is 3.44. The first-order valence-corrected chi connectivity index (χ1v) is 9.77. The van der Waals surface area contributed by atoms with E-state index in [0.29, 0.717) is 21.8 Å². The second-order valence-corrected chi connectivity index (χ2v) is 7.60. The summed E-state index contributed by atoms with van der Waals surface area (Å²) in [7, 11) is 0. The first-order chi connectivity index (χ1) is 12.5. The van der Waals surface area contributed by atoms with Crippen LogP contribution in [0.25, 0.3) is 0 Å². The summed E-state index contributed by atoms with van der Waals surface area (Å²) in [6.45, 7) is 1.57. The predicted molar refractivity (Wildman–Crippen MR) is 95.8 cm³/mol. The fraction of sp³-hybridized carbons (Fsp3) is 0.375. The standard InChI is InChI=1S/C16H16F2N4O2S2/c17-13(18)15-20-21-16(26-15)19-14(24)10-5-1-2-6-11(10)25-9-12(23)22-7-3-4-8-22/h1-2,5-6,13H,3-4,7-9H2,(H,19,21,24). The molecule has 0 radical (unpaired) electrons. The summed E-state index contributed by atoms with van der Waals surface area (Å²) in [6, 6.07) is 6.85. The van der Waals surface area contributed by atoms with Crippen LogP contribution in [0.5, 0.6) is 0 Å². The number of carbonyl (C=O) groups is 2. The zero-order chi connectivity index (χ0) is 18.5. The molecule has 0 unspecified atom stereocenters. The van der Waals surface area contributed by atoms with E-state index in [1.165, 1.54) is 11.8 Å². The number of amides is 2. The molecule has 1 aliphatic rings. The lowest BCUT2D eigenvalue weighted by Gasteiger charge is -2.15. The van der Waals surface area contributed by atoms with E-state index in [0.717, 1.165) is 25.9 Å². The Bertz CT molecular complexity index is 794. The molecule has 0 spiro atoms. The molecule has 26 heavy (non-hydrogen) atoms. The second kappa shape index (κ2) is 8.54. The van der Waals surface area contributed by atoms with Crippen molar-refractivity contribution in [3.05, 3.63) is 34.8 Å². The highest BCUT2D eigenvalue weighted by Gasteiger charge is 2.20. The molecule has 6 nitrogen and oxygen atoms in total. The van der Waals surface area contributed by atoms with Gasteiger partial charge in [-0.1, -0.05) is 23.5 Å². The van der Waals surface area contributed by atoms with Crippen LogP contribution in [0.1, 0.15) is 34.6 Å². The number of anilines is 1. The lowest BCUT2D eigenvalue weighted by molar-refractivity contribution is -0.127. The van der Waals surface area contributed by atoms with Gasteiger partial charge >= 0.3 is 0 Å². The van der Waals surface area contributed by atoms with Gasteiger partial charge in [0, 0.05) is 18.0 Å². The second-order valence-electron chi connectivity index (χ2n) is 5.57. The van der Waals surface area contributed by atoms with Crippen molar-refractivity contribution >= 4 is 40.0 Å². The molecule has 2 amide bonds. The van der Waals surface area contributed by atoms with Gasteiger partial charge in [-0.3, -0.25) is 14.9 Å². The normalized spacial score (nSPS) is 14.0. The first kappa shape index (κ1) is 18.7. The molecule has 1 N–H and O–H groups in total. The van der Waals surface area contributed by atoms with Crippen LogP contribution in [0.2, 0.25) is 0 Å². The lowest BCUT2D eigenvalue weighted by Crippen LogP contribution is -2.29. The van der Waals surface area contributed by atoms with Gasteiger partial charge < -0.3 is 4.90 Å². The highest BCUT2D eigenvalue weighted by Crippen LogP contribution is 2.27. The van der Waals surface area contributed by atoms with Crippen LogP contribution in [0.4, 0.5) is 13.9 Å². The number of hydrogen-bond acceptors (Lipinski definition) is 6. The number of aromatic nitrogens is 2. The van der Waals surface area contributed by atoms with Gasteiger partial charge in [0.1, 0.15) is 0 Å². The minimum Gasteiger partial charge on any atom is -0.342 e. The van der Waals surface area contributed by atoms with E-state index in [9.17, 15) is 18.4 Å². The van der Waals surface area contributed by atoms with Crippen LogP contribution < -0.4 is 5.32 Å². The molecule has 0 bridgehead atoms. The summed E-state index contributed by atoms with van der Waals surface area (Å²) >= 11 is 1.92. The molecule has 1 saturated heterocycles. The van der Waals surface area contributed by atoms with Crippen molar-refractivity contribution in [1.29, 1.82) is 0 Å². The van der Waals surface area contributed by atoms with Crippen LogP contribution >= 0.6 is 23.1 Å². The number of nitrogens with zero attached hydrogens (tertiary/aromatic N) is 3. The van der Waals surface area contributed by atoms with Crippen LogP contribution in [0.3, 0.4) is 0 Å². The van der Waals surface area contributed by atoms with Crippen molar-refractivity contribution in [2.24, 2.45) is 0 Å². The Morgan fingerprint density at radius 3 is 2.65 bits per heavy atom. The number of thioether (sulfide) groups is 1. The van der Waals surface area contributed by atoms with Crippen molar-refractivity contribution in [2.45, 2.75) is 24.2 Å². The number of benzene rings is 1. The molecule has 2 heterocycles. The molecule has 0 saturated carbocycles. The van der Waals surface area contributed by atoms with Crippen LogP contribution in [0.15, 0.2) is 29.2 Å². The van der Waals surface area contributed by atoms with Crippen molar-refractivity contribution in [3.8, 4) is 0 Å². The molecule has 1 aromatic heterocycles. The molecule has 0 atom stereocenters. The molecule has 138 valence electrons. The Hall–Kier alpha value is -2.07. The topological polar surface area (TPSA) is 75.2 Å². The third-order valence-corrected chi connectivity index (χ3v) is 5.69. The Labute approximate surface area is 157 Å². The minimum atomic E-state index is -2.72. The van der Waals surface area contributed by atoms with E-state index in [-0.39, 0.29) is 16.8 Å². The van der Waals surface area contributed by atoms with Gasteiger partial charge in [0.05, 0.1) is 11.3 Å². The third-order valence-electron chi connectivity index (χ3n) is 3.79. The van der Waals surface area contributed by atoms with Crippen molar-refractivity contribution in [1.82, 2.24) is 15.1 Å². The first-order valence-electron chi connectivity index (χ1n) is 7.97. The number of rotatable bonds is 6. The van der Waals surface area contributed by atoms with E-state index in [4.69, 9.17) is 0 Å². The molecule has 0 aliphatic carbocycles. The number of likely N-dealkylation sites (tertiary alicyclic amines) is 1. The average molecular weight is 398 g/mol. The summed E-state index contributed by atoms with van der Waals surface area (Å²) in [6.07, 6.45) is -0.673. The molecular formula is C16H16F2N4O2S2. The fourth-order valence-corrected chi connectivity index (χ4v) is 4.06. The maximum Gasteiger partial charge on any atom is 0.291 e. The molecule has 10 heteroatoms. The van der Waals surface area contributed by atoms with Gasteiger partial charge in [-0.05, 0) is 25.0 Å². The van der Waals surface area contributed by atoms with E-state index in [1.54, 1.807) is 24.3 Å². The number of nitrogens with one attached hydrogen (secondary N) is 1. The Balaban J connectivity index is 1.65. The van der Waals surface area contributed by atoms with Gasteiger partial charge in [0.15, 0.2) is 5.01 Å². The molecule has 1 aliphatic heterocycles. The van der Waals surface area contributed by atoms with E-state index in [2.05, 4.69) is 15.5 Å². The van der Waals surface area contributed by atoms with Crippen molar-refractivity contribution < 1.29 is 18.4 Å². The molecule has 1 fully saturated rings. The van der Waals surface area contributed by atoms with Crippen LogP contribution in [-0.2, 0) is 4.79 Å². The van der Waals surface area contributed by atoms with E-state index in [1.807, 2.05) is 4.90 Å². The summed E-state index contributed by atoms with van der Waals surface area (Å²) in [5, 5.41) is 8.93.